The molecule has 0 aliphatic rings. The first-order valence-corrected chi connectivity index (χ1v) is 5.59. The highest BCUT2D eigenvalue weighted by Gasteiger charge is 2.21. The predicted octanol–water partition coefficient (Wildman–Crippen LogP) is 1.73. The van der Waals surface area contributed by atoms with Gasteiger partial charge in [-0.15, -0.1) is 0 Å². The molecule has 2 rings (SSSR count). The molecule has 0 radical (unpaired) electrons. The summed E-state index contributed by atoms with van der Waals surface area (Å²) in [5.41, 5.74) is 6.71. The van der Waals surface area contributed by atoms with Crippen molar-refractivity contribution in [3.05, 3.63) is 30.0 Å². The molecule has 0 saturated carbocycles. The summed E-state index contributed by atoms with van der Waals surface area (Å²) in [5.74, 6) is -1.35. The number of nitrogens with two attached hydrogens (primary N) is 1. The molecule has 6 heteroatoms. The van der Waals surface area contributed by atoms with E-state index in [-0.39, 0.29) is 5.76 Å². The molecular formula is C13H13NO5. The number of nitrogen functional groups attached to an aromatic ring is 1. The Balaban J connectivity index is 2.20. The molecular weight excluding hydrogens is 250 g/mol. The Hall–Kier alpha value is -2.50. The van der Waals surface area contributed by atoms with E-state index in [4.69, 9.17) is 14.9 Å². The molecule has 2 aromatic rings. The van der Waals surface area contributed by atoms with Crippen molar-refractivity contribution in [2.24, 2.45) is 0 Å². The highest BCUT2D eigenvalue weighted by molar-refractivity contribution is 5.94. The van der Waals surface area contributed by atoms with Crippen molar-refractivity contribution in [2.45, 2.75) is 13.0 Å². The number of esters is 2. The molecule has 6 nitrogen and oxygen atoms in total. The summed E-state index contributed by atoms with van der Waals surface area (Å²) in [6, 6.07) is 6.51. The number of anilines is 1. The summed E-state index contributed by atoms with van der Waals surface area (Å²) in [4.78, 5) is 22.9. The van der Waals surface area contributed by atoms with Crippen LogP contribution in [0.2, 0.25) is 0 Å². The average Bonchev–Trinajstić information content (AvgIpc) is 2.80. The molecule has 0 aliphatic heterocycles. The van der Waals surface area contributed by atoms with Crippen molar-refractivity contribution in [1.82, 2.24) is 0 Å². The van der Waals surface area contributed by atoms with Gasteiger partial charge >= 0.3 is 11.9 Å². The minimum absolute atomic E-state index is 0.0105. The first kappa shape index (κ1) is 12.9. The third-order valence-electron chi connectivity index (χ3n) is 2.56. The zero-order chi connectivity index (χ0) is 14.0. The maximum Gasteiger partial charge on any atom is 0.375 e. The van der Waals surface area contributed by atoms with E-state index in [1.54, 1.807) is 18.2 Å². The quantitative estimate of drug-likeness (QED) is 0.669. The molecule has 1 unspecified atom stereocenters. The molecule has 100 valence electrons. The van der Waals surface area contributed by atoms with Crippen molar-refractivity contribution in [1.29, 1.82) is 0 Å². The molecule has 19 heavy (non-hydrogen) atoms. The summed E-state index contributed by atoms with van der Waals surface area (Å²) >= 11 is 0. The van der Waals surface area contributed by atoms with Crippen LogP contribution in [0, 0.1) is 0 Å². The van der Waals surface area contributed by atoms with Gasteiger partial charge < -0.3 is 19.6 Å². The van der Waals surface area contributed by atoms with Crippen LogP contribution >= 0.6 is 0 Å². The van der Waals surface area contributed by atoms with Crippen LogP contribution in [0.5, 0.6) is 0 Å². The minimum Gasteiger partial charge on any atom is -0.466 e. The summed E-state index contributed by atoms with van der Waals surface area (Å²) in [5, 5.41) is 0.692. The van der Waals surface area contributed by atoms with Gasteiger partial charge in [-0.25, -0.2) is 9.59 Å². The number of furan rings is 1. The molecule has 1 heterocycles. The smallest absolute Gasteiger partial charge is 0.375 e. The van der Waals surface area contributed by atoms with Crippen molar-refractivity contribution in [3.63, 3.8) is 0 Å². The van der Waals surface area contributed by atoms with E-state index in [2.05, 4.69) is 4.74 Å². The van der Waals surface area contributed by atoms with Crippen LogP contribution < -0.4 is 5.73 Å². The lowest BCUT2D eigenvalue weighted by molar-refractivity contribution is -0.149. The van der Waals surface area contributed by atoms with Crippen LogP contribution in [-0.4, -0.2) is 25.2 Å². The average molecular weight is 263 g/mol. The summed E-state index contributed by atoms with van der Waals surface area (Å²) < 4.78 is 14.7. The normalized spacial score (nSPS) is 12.1. The van der Waals surface area contributed by atoms with Gasteiger partial charge in [0, 0.05) is 11.1 Å². The second kappa shape index (κ2) is 5.01. The van der Waals surface area contributed by atoms with Crippen molar-refractivity contribution >= 4 is 28.6 Å². The molecule has 1 atom stereocenters. The molecule has 1 aromatic carbocycles. The Kier molecular flexibility index (Phi) is 3.41. The number of methoxy groups -OCH3 is 1. The molecule has 0 aliphatic carbocycles. The fourth-order valence-corrected chi connectivity index (χ4v) is 1.60. The number of carbonyl (C=O) groups is 2. The molecule has 0 saturated heterocycles. The predicted molar refractivity (Wildman–Crippen MR) is 67.5 cm³/mol. The van der Waals surface area contributed by atoms with Gasteiger partial charge in [-0.1, -0.05) is 0 Å². The minimum atomic E-state index is -0.990. The standard InChI is InChI=1S/C13H13NO5/c1-7(12(15)17-2)18-13(16)11-6-8-5-9(14)3-4-10(8)19-11/h3-7H,14H2,1-2H3. The molecule has 0 amide bonds. The van der Waals surface area contributed by atoms with Gasteiger partial charge in [0.05, 0.1) is 7.11 Å². The van der Waals surface area contributed by atoms with Crippen molar-refractivity contribution in [3.8, 4) is 0 Å². The second-order valence-corrected chi connectivity index (χ2v) is 3.98. The zero-order valence-electron chi connectivity index (χ0n) is 10.5. The van der Waals surface area contributed by atoms with E-state index in [0.29, 0.717) is 16.7 Å². The van der Waals surface area contributed by atoms with Crippen LogP contribution in [0.25, 0.3) is 11.0 Å². The lowest BCUT2D eigenvalue weighted by atomic mass is 10.2. The number of fused-ring (bicyclic) bond motifs is 1. The van der Waals surface area contributed by atoms with Gasteiger partial charge in [-0.3, -0.25) is 0 Å². The Morgan fingerprint density at radius 1 is 1.32 bits per heavy atom. The largest absolute Gasteiger partial charge is 0.466 e. The number of hydrogen-bond donors (Lipinski definition) is 1. The Bertz CT molecular complexity index is 631. The van der Waals surface area contributed by atoms with E-state index in [1.165, 1.54) is 20.1 Å². The fraction of sp³-hybridized carbons (Fsp3) is 0.231. The third kappa shape index (κ3) is 2.67. The second-order valence-electron chi connectivity index (χ2n) is 3.98. The summed E-state index contributed by atoms with van der Waals surface area (Å²) in [7, 11) is 1.22. The first-order chi connectivity index (χ1) is 9.01. The topological polar surface area (TPSA) is 91.8 Å². The number of rotatable bonds is 3. The lowest BCUT2D eigenvalue weighted by Gasteiger charge is -2.08. The number of benzene rings is 1. The first-order valence-electron chi connectivity index (χ1n) is 5.59. The Morgan fingerprint density at radius 2 is 2.05 bits per heavy atom. The van der Waals surface area contributed by atoms with Crippen LogP contribution in [-0.2, 0) is 14.3 Å². The number of carbonyl (C=O) groups excluding carboxylic acids is 2. The Morgan fingerprint density at radius 3 is 2.74 bits per heavy atom. The third-order valence-corrected chi connectivity index (χ3v) is 2.56. The SMILES string of the molecule is COC(=O)C(C)OC(=O)c1cc2cc(N)ccc2o1. The van der Waals surface area contributed by atoms with Gasteiger partial charge in [0.1, 0.15) is 5.58 Å². The van der Waals surface area contributed by atoms with Crippen molar-refractivity contribution < 1.29 is 23.5 Å². The van der Waals surface area contributed by atoms with E-state index in [0.717, 1.165) is 0 Å². The monoisotopic (exact) mass is 263 g/mol. The van der Waals surface area contributed by atoms with E-state index in [9.17, 15) is 9.59 Å². The molecule has 0 bridgehead atoms. The maximum atomic E-state index is 11.8. The van der Waals surface area contributed by atoms with Crippen LogP contribution in [0.1, 0.15) is 17.5 Å². The maximum absolute atomic E-state index is 11.8. The summed E-state index contributed by atoms with van der Waals surface area (Å²) in [6.45, 7) is 1.42. The molecule has 2 N–H and O–H groups in total. The van der Waals surface area contributed by atoms with Gasteiger partial charge in [0.25, 0.3) is 0 Å². The fourth-order valence-electron chi connectivity index (χ4n) is 1.60. The van der Waals surface area contributed by atoms with Gasteiger partial charge in [0.2, 0.25) is 5.76 Å². The molecule has 0 spiro atoms. The summed E-state index contributed by atoms with van der Waals surface area (Å²) in [6.07, 6.45) is -0.990. The number of ether oxygens (including phenoxy) is 2. The number of hydrogen-bond acceptors (Lipinski definition) is 6. The van der Waals surface area contributed by atoms with E-state index in [1.807, 2.05) is 0 Å². The molecule has 0 fully saturated rings. The highest BCUT2D eigenvalue weighted by atomic mass is 16.6. The van der Waals surface area contributed by atoms with Crippen LogP contribution in [0.4, 0.5) is 5.69 Å². The van der Waals surface area contributed by atoms with Gasteiger partial charge in [-0.2, -0.15) is 0 Å². The zero-order valence-corrected chi connectivity index (χ0v) is 10.5. The van der Waals surface area contributed by atoms with Crippen molar-refractivity contribution in [2.75, 3.05) is 12.8 Å². The Labute approximate surface area is 109 Å². The van der Waals surface area contributed by atoms with Gasteiger partial charge in [-0.05, 0) is 31.2 Å². The van der Waals surface area contributed by atoms with E-state index >= 15 is 0 Å². The van der Waals surface area contributed by atoms with Crippen LogP contribution in [0.15, 0.2) is 28.7 Å². The van der Waals surface area contributed by atoms with E-state index < -0.39 is 18.0 Å². The lowest BCUT2D eigenvalue weighted by Crippen LogP contribution is -2.25. The highest BCUT2D eigenvalue weighted by Crippen LogP contribution is 2.22. The van der Waals surface area contributed by atoms with Crippen LogP contribution in [0.3, 0.4) is 0 Å². The molecule has 1 aromatic heterocycles. The van der Waals surface area contributed by atoms with Gasteiger partial charge in [0.15, 0.2) is 6.10 Å².